The van der Waals surface area contributed by atoms with Crippen molar-refractivity contribution in [1.29, 1.82) is 0 Å². The van der Waals surface area contributed by atoms with Gasteiger partial charge in [0.05, 0.1) is 4.92 Å². The van der Waals surface area contributed by atoms with Crippen LogP contribution in [0.15, 0.2) is 66.7 Å². The number of amides is 1. The second-order valence-electron chi connectivity index (χ2n) is 5.46. The highest BCUT2D eigenvalue weighted by Crippen LogP contribution is 2.20. The Morgan fingerprint density at radius 2 is 1.65 bits per heavy atom. The Morgan fingerprint density at radius 1 is 0.962 bits per heavy atom. The lowest BCUT2D eigenvalue weighted by molar-refractivity contribution is -0.385. The molecule has 130 valence electrons. The van der Waals surface area contributed by atoms with Crippen molar-refractivity contribution in [1.82, 2.24) is 0 Å². The van der Waals surface area contributed by atoms with Crippen molar-refractivity contribution in [2.75, 3.05) is 11.9 Å². The molecule has 1 N–H and O–H groups in total. The molecule has 7 heteroatoms. The van der Waals surface area contributed by atoms with Gasteiger partial charge in [-0.2, -0.15) is 0 Å². The topological polar surface area (TPSA) is 98.5 Å². The molecule has 0 aliphatic carbocycles. The zero-order chi connectivity index (χ0) is 18.5. The first-order valence-corrected chi connectivity index (χ1v) is 7.74. The Labute approximate surface area is 148 Å². The fourth-order valence-corrected chi connectivity index (χ4v) is 2.48. The van der Waals surface area contributed by atoms with E-state index in [1.165, 1.54) is 24.3 Å². The fourth-order valence-electron chi connectivity index (χ4n) is 2.48. The number of fused-ring (bicyclic) bond motifs is 1. The quantitative estimate of drug-likeness (QED) is 0.431. The minimum atomic E-state index is -0.925. The number of hydrogen-bond donors (Lipinski definition) is 1. The van der Waals surface area contributed by atoms with Gasteiger partial charge in [-0.3, -0.25) is 14.9 Å². The summed E-state index contributed by atoms with van der Waals surface area (Å²) in [5.74, 6) is -1.46. The molecule has 3 aromatic carbocycles. The van der Waals surface area contributed by atoms with Crippen molar-refractivity contribution >= 4 is 34.0 Å². The van der Waals surface area contributed by atoms with Gasteiger partial charge < -0.3 is 10.1 Å². The average molecular weight is 350 g/mol. The summed E-state index contributed by atoms with van der Waals surface area (Å²) in [6, 6.07) is 18.5. The smallest absolute Gasteiger partial charge is 0.345 e. The monoisotopic (exact) mass is 350 g/mol. The molecule has 0 saturated heterocycles. The van der Waals surface area contributed by atoms with E-state index in [4.69, 9.17) is 4.74 Å². The van der Waals surface area contributed by atoms with Crippen molar-refractivity contribution in [3.63, 3.8) is 0 Å². The number of esters is 1. The first-order chi connectivity index (χ1) is 12.5. The van der Waals surface area contributed by atoms with E-state index in [-0.39, 0.29) is 11.3 Å². The van der Waals surface area contributed by atoms with Crippen molar-refractivity contribution < 1.29 is 19.2 Å². The molecule has 0 atom stereocenters. The van der Waals surface area contributed by atoms with Gasteiger partial charge in [0.25, 0.3) is 11.6 Å². The number of para-hydroxylation sites is 1. The number of benzene rings is 3. The van der Waals surface area contributed by atoms with E-state index < -0.39 is 23.4 Å². The average Bonchev–Trinajstić information content (AvgIpc) is 2.66. The molecular weight excluding hydrogens is 336 g/mol. The van der Waals surface area contributed by atoms with Crippen molar-refractivity contribution in [3.8, 4) is 0 Å². The number of nitrogens with one attached hydrogen (secondary N) is 1. The lowest BCUT2D eigenvalue weighted by Gasteiger charge is -2.08. The lowest BCUT2D eigenvalue weighted by atomic mass is 10.1. The van der Waals surface area contributed by atoms with Gasteiger partial charge in [0.15, 0.2) is 6.61 Å². The van der Waals surface area contributed by atoms with E-state index >= 15 is 0 Å². The van der Waals surface area contributed by atoms with Gasteiger partial charge in [0, 0.05) is 11.8 Å². The van der Waals surface area contributed by atoms with Crippen LogP contribution in [0.4, 0.5) is 11.4 Å². The van der Waals surface area contributed by atoms with Crippen LogP contribution in [0.1, 0.15) is 10.4 Å². The van der Waals surface area contributed by atoms with Gasteiger partial charge in [-0.1, -0.05) is 42.5 Å². The standard InChI is InChI=1S/C19H14N2O5/c22-18(20-15-10-9-13-5-1-2-6-14(13)11-15)12-26-19(23)16-7-3-4-8-17(16)21(24)25/h1-11H,12H2,(H,20,22). The Morgan fingerprint density at radius 3 is 2.42 bits per heavy atom. The highest BCUT2D eigenvalue weighted by atomic mass is 16.6. The maximum absolute atomic E-state index is 12.0. The second kappa shape index (κ2) is 7.43. The first kappa shape index (κ1) is 17.1. The van der Waals surface area contributed by atoms with Gasteiger partial charge in [-0.15, -0.1) is 0 Å². The third-order valence-corrected chi connectivity index (χ3v) is 3.69. The van der Waals surface area contributed by atoms with Crippen molar-refractivity contribution in [2.45, 2.75) is 0 Å². The molecule has 0 spiro atoms. The SMILES string of the molecule is O=C(COC(=O)c1ccccc1[N+](=O)[O-])Nc1ccc2ccccc2c1. The summed E-state index contributed by atoms with van der Waals surface area (Å²) >= 11 is 0. The number of nitro benzene ring substituents is 1. The fraction of sp³-hybridized carbons (Fsp3) is 0.0526. The maximum atomic E-state index is 12.0. The molecule has 1 amide bonds. The lowest BCUT2D eigenvalue weighted by Crippen LogP contribution is -2.21. The van der Waals surface area contributed by atoms with E-state index in [2.05, 4.69) is 5.32 Å². The largest absolute Gasteiger partial charge is 0.452 e. The summed E-state index contributed by atoms with van der Waals surface area (Å²) in [4.78, 5) is 34.2. The third kappa shape index (κ3) is 3.84. The highest BCUT2D eigenvalue weighted by Gasteiger charge is 2.21. The Balaban J connectivity index is 1.63. The molecule has 0 aromatic heterocycles. The number of carbonyl (C=O) groups excluding carboxylic acids is 2. The number of nitro groups is 1. The second-order valence-corrected chi connectivity index (χ2v) is 5.46. The van der Waals surface area contributed by atoms with Crippen LogP contribution in [-0.4, -0.2) is 23.4 Å². The molecule has 0 heterocycles. The van der Waals surface area contributed by atoms with Crippen LogP contribution in [0, 0.1) is 10.1 Å². The molecule has 0 bridgehead atoms. The Kier molecular flexibility index (Phi) is 4.89. The summed E-state index contributed by atoms with van der Waals surface area (Å²) in [7, 11) is 0. The number of hydrogen-bond acceptors (Lipinski definition) is 5. The van der Waals surface area contributed by atoms with Crippen LogP contribution in [0.25, 0.3) is 10.8 Å². The molecule has 26 heavy (non-hydrogen) atoms. The minimum Gasteiger partial charge on any atom is -0.452 e. The van der Waals surface area contributed by atoms with Gasteiger partial charge >= 0.3 is 5.97 Å². The molecule has 0 aliphatic rings. The molecule has 0 radical (unpaired) electrons. The number of carbonyl (C=O) groups is 2. The number of nitrogens with zero attached hydrogens (tertiary/aromatic N) is 1. The van der Waals surface area contributed by atoms with E-state index in [1.807, 2.05) is 30.3 Å². The maximum Gasteiger partial charge on any atom is 0.345 e. The zero-order valence-corrected chi connectivity index (χ0v) is 13.5. The van der Waals surface area contributed by atoms with Crippen LogP contribution in [0.3, 0.4) is 0 Å². The first-order valence-electron chi connectivity index (χ1n) is 7.74. The normalized spacial score (nSPS) is 10.3. The van der Waals surface area contributed by atoms with E-state index in [9.17, 15) is 19.7 Å². The van der Waals surface area contributed by atoms with Crippen LogP contribution < -0.4 is 5.32 Å². The van der Waals surface area contributed by atoms with Crippen LogP contribution in [-0.2, 0) is 9.53 Å². The molecule has 0 fully saturated rings. The van der Waals surface area contributed by atoms with Crippen molar-refractivity contribution in [2.24, 2.45) is 0 Å². The van der Waals surface area contributed by atoms with Gasteiger partial charge in [0.1, 0.15) is 5.56 Å². The third-order valence-electron chi connectivity index (χ3n) is 3.69. The Hall–Kier alpha value is -3.74. The predicted octanol–water partition coefficient (Wildman–Crippen LogP) is 3.54. The van der Waals surface area contributed by atoms with Gasteiger partial charge in [-0.05, 0) is 29.0 Å². The molecular formula is C19H14N2O5. The van der Waals surface area contributed by atoms with Gasteiger partial charge in [-0.25, -0.2) is 4.79 Å². The summed E-state index contributed by atoms with van der Waals surface area (Å²) in [5, 5.41) is 15.6. The molecule has 0 unspecified atom stereocenters. The summed E-state index contributed by atoms with van der Waals surface area (Å²) in [6.07, 6.45) is 0. The van der Waals surface area contributed by atoms with Gasteiger partial charge in [0.2, 0.25) is 0 Å². The molecule has 0 saturated carbocycles. The molecule has 7 nitrogen and oxygen atoms in total. The van der Waals surface area contributed by atoms with E-state index in [1.54, 1.807) is 12.1 Å². The zero-order valence-electron chi connectivity index (χ0n) is 13.5. The predicted molar refractivity (Wildman–Crippen MR) is 96.0 cm³/mol. The summed E-state index contributed by atoms with van der Waals surface area (Å²) in [5.41, 5.74) is -0.00103. The number of ether oxygens (including phenoxy) is 1. The van der Waals surface area contributed by atoms with Crippen LogP contribution in [0.5, 0.6) is 0 Å². The summed E-state index contributed by atoms with van der Waals surface area (Å²) in [6.45, 7) is -0.544. The number of rotatable bonds is 5. The van der Waals surface area contributed by atoms with Crippen LogP contribution >= 0.6 is 0 Å². The van der Waals surface area contributed by atoms with E-state index in [0.29, 0.717) is 5.69 Å². The highest BCUT2D eigenvalue weighted by molar-refractivity contribution is 5.98. The Bertz CT molecular complexity index is 1000. The molecule has 3 aromatic rings. The summed E-state index contributed by atoms with van der Waals surface area (Å²) < 4.78 is 4.88. The molecule has 0 aliphatic heterocycles. The minimum absolute atomic E-state index is 0.198. The van der Waals surface area contributed by atoms with Crippen molar-refractivity contribution in [3.05, 3.63) is 82.4 Å². The number of anilines is 1. The van der Waals surface area contributed by atoms with E-state index in [0.717, 1.165) is 10.8 Å². The van der Waals surface area contributed by atoms with Crippen LogP contribution in [0.2, 0.25) is 0 Å². The molecule has 3 rings (SSSR count).